The largest absolute Gasteiger partial charge is 0.496 e. The minimum atomic E-state index is -4.36. The van der Waals surface area contributed by atoms with Gasteiger partial charge in [0.05, 0.1) is 7.11 Å². The number of halogens is 3. The molecule has 0 atom stereocenters. The Morgan fingerprint density at radius 1 is 1.09 bits per heavy atom. The van der Waals surface area contributed by atoms with Gasteiger partial charge in [0.1, 0.15) is 11.5 Å². The predicted molar refractivity (Wildman–Crippen MR) is 83.9 cm³/mol. The second-order valence-corrected chi connectivity index (χ2v) is 5.09. The SMILES string of the molecule is C=C(c1cccc(OCC(F)(F)F)c1)c1ccc(OC)c(C)c1. The lowest BCUT2D eigenvalue weighted by Crippen LogP contribution is -2.19. The highest BCUT2D eigenvalue weighted by molar-refractivity contribution is 5.79. The summed E-state index contributed by atoms with van der Waals surface area (Å²) in [5.41, 5.74) is 3.23. The number of hydrogen-bond donors (Lipinski definition) is 0. The fourth-order valence-corrected chi connectivity index (χ4v) is 2.17. The van der Waals surface area contributed by atoms with Crippen molar-refractivity contribution < 1.29 is 22.6 Å². The molecule has 0 N–H and O–H groups in total. The molecule has 2 aromatic carbocycles. The molecule has 0 radical (unpaired) electrons. The molecular formula is C18H17F3O2. The van der Waals surface area contributed by atoms with Crippen LogP contribution in [0.25, 0.3) is 5.57 Å². The third-order valence-electron chi connectivity index (χ3n) is 3.33. The fourth-order valence-electron chi connectivity index (χ4n) is 2.17. The molecule has 0 aliphatic heterocycles. The number of hydrogen-bond acceptors (Lipinski definition) is 2. The molecule has 5 heteroatoms. The van der Waals surface area contributed by atoms with E-state index >= 15 is 0 Å². The van der Waals surface area contributed by atoms with Crippen molar-refractivity contribution >= 4 is 5.57 Å². The first kappa shape index (κ1) is 16.9. The highest BCUT2D eigenvalue weighted by Gasteiger charge is 2.28. The van der Waals surface area contributed by atoms with Gasteiger partial charge in [-0.15, -0.1) is 0 Å². The van der Waals surface area contributed by atoms with Crippen molar-refractivity contribution in [1.82, 2.24) is 0 Å². The van der Waals surface area contributed by atoms with Crippen LogP contribution < -0.4 is 9.47 Å². The number of benzene rings is 2. The molecule has 2 nitrogen and oxygen atoms in total. The fraction of sp³-hybridized carbons (Fsp3) is 0.222. The first-order valence-corrected chi connectivity index (χ1v) is 6.94. The van der Waals surface area contributed by atoms with Crippen LogP contribution in [0.3, 0.4) is 0 Å². The van der Waals surface area contributed by atoms with Crippen molar-refractivity contribution in [2.24, 2.45) is 0 Å². The molecule has 0 aliphatic carbocycles. The maximum Gasteiger partial charge on any atom is 0.422 e. The van der Waals surface area contributed by atoms with E-state index in [1.807, 2.05) is 25.1 Å². The second-order valence-electron chi connectivity index (χ2n) is 5.09. The molecule has 0 fully saturated rings. The van der Waals surface area contributed by atoms with E-state index in [4.69, 9.17) is 9.47 Å². The van der Waals surface area contributed by atoms with Gasteiger partial charge in [-0.3, -0.25) is 0 Å². The first-order chi connectivity index (χ1) is 10.8. The molecule has 0 saturated carbocycles. The summed E-state index contributed by atoms with van der Waals surface area (Å²) in [6.07, 6.45) is -4.36. The minimum Gasteiger partial charge on any atom is -0.496 e. The Morgan fingerprint density at radius 2 is 1.78 bits per heavy atom. The summed E-state index contributed by atoms with van der Waals surface area (Å²) in [5, 5.41) is 0. The standard InChI is InChI=1S/C18H17F3O2/c1-12-9-15(7-8-17(12)22-3)13(2)14-5-4-6-16(10-14)23-11-18(19,20)21/h4-10H,2,11H2,1,3H3. The highest BCUT2D eigenvalue weighted by Crippen LogP contribution is 2.28. The summed E-state index contributed by atoms with van der Waals surface area (Å²) >= 11 is 0. The molecule has 0 bridgehead atoms. The molecule has 0 heterocycles. The average Bonchev–Trinajstić information content (AvgIpc) is 2.52. The molecule has 0 aromatic heterocycles. The number of aryl methyl sites for hydroxylation is 1. The van der Waals surface area contributed by atoms with Crippen molar-refractivity contribution in [1.29, 1.82) is 0 Å². The van der Waals surface area contributed by atoms with E-state index in [1.54, 1.807) is 25.3 Å². The van der Waals surface area contributed by atoms with Gasteiger partial charge in [-0.05, 0) is 53.5 Å². The Balaban J connectivity index is 2.21. The maximum absolute atomic E-state index is 12.2. The van der Waals surface area contributed by atoms with E-state index in [2.05, 4.69) is 6.58 Å². The van der Waals surface area contributed by atoms with Crippen LogP contribution in [0.5, 0.6) is 11.5 Å². The van der Waals surface area contributed by atoms with Crippen molar-refractivity contribution in [3.8, 4) is 11.5 Å². The lowest BCUT2D eigenvalue weighted by Gasteiger charge is -2.13. The van der Waals surface area contributed by atoms with Crippen LogP contribution in [0.2, 0.25) is 0 Å². The van der Waals surface area contributed by atoms with Crippen LogP contribution in [0.4, 0.5) is 13.2 Å². The van der Waals surface area contributed by atoms with Crippen molar-refractivity contribution in [3.63, 3.8) is 0 Å². The zero-order chi connectivity index (χ0) is 17.0. The topological polar surface area (TPSA) is 18.5 Å². The molecule has 0 unspecified atom stereocenters. The molecule has 0 aliphatic rings. The number of ether oxygens (including phenoxy) is 2. The molecule has 2 aromatic rings. The highest BCUT2D eigenvalue weighted by atomic mass is 19.4. The van der Waals surface area contributed by atoms with E-state index in [9.17, 15) is 13.2 Å². The third kappa shape index (κ3) is 4.52. The monoisotopic (exact) mass is 322 g/mol. The van der Waals surface area contributed by atoms with Crippen LogP contribution in [0, 0.1) is 6.92 Å². The second kappa shape index (κ2) is 6.77. The Hall–Kier alpha value is -2.43. The van der Waals surface area contributed by atoms with Gasteiger partial charge in [-0.1, -0.05) is 24.8 Å². The van der Waals surface area contributed by atoms with Gasteiger partial charge in [0.15, 0.2) is 6.61 Å². The number of rotatable bonds is 5. The molecular weight excluding hydrogens is 305 g/mol. The average molecular weight is 322 g/mol. The minimum absolute atomic E-state index is 0.159. The summed E-state index contributed by atoms with van der Waals surface area (Å²) in [6, 6.07) is 12.1. The summed E-state index contributed by atoms with van der Waals surface area (Å²) in [5.74, 6) is 0.926. The molecule has 0 saturated heterocycles. The summed E-state index contributed by atoms with van der Waals surface area (Å²) in [7, 11) is 1.60. The Labute approximate surface area is 133 Å². The van der Waals surface area contributed by atoms with Gasteiger partial charge in [0.2, 0.25) is 0 Å². The molecule has 122 valence electrons. The normalized spacial score (nSPS) is 11.2. The van der Waals surface area contributed by atoms with Gasteiger partial charge in [0, 0.05) is 0 Å². The van der Waals surface area contributed by atoms with E-state index in [0.29, 0.717) is 11.1 Å². The zero-order valence-electron chi connectivity index (χ0n) is 12.9. The summed E-state index contributed by atoms with van der Waals surface area (Å²) < 4.78 is 46.7. The summed E-state index contributed by atoms with van der Waals surface area (Å²) in [6.45, 7) is 4.62. The van der Waals surface area contributed by atoms with E-state index in [-0.39, 0.29) is 5.75 Å². The van der Waals surface area contributed by atoms with E-state index in [0.717, 1.165) is 16.9 Å². The Bertz CT molecular complexity index is 706. The molecule has 2 rings (SSSR count). The van der Waals surface area contributed by atoms with Crippen LogP contribution in [-0.4, -0.2) is 19.9 Å². The van der Waals surface area contributed by atoms with Crippen LogP contribution in [0.1, 0.15) is 16.7 Å². The lowest BCUT2D eigenvalue weighted by atomic mass is 9.98. The third-order valence-corrected chi connectivity index (χ3v) is 3.33. The lowest BCUT2D eigenvalue weighted by molar-refractivity contribution is -0.153. The predicted octanol–water partition coefficient (Wildman–Crippen LogP) is 5.01. The molecule has 0 amide bonds. The smallest absolute Gasteiger partial charge is 0.422 e. The Morgan fingerprint density at radius 3 is 2.39 bits per heavy atom. The van der Waals surface area contributed by atoms with E-state index < -0.39 is 12.8 Å². The molecule has 23 heavy (non-hydrogen) atoms. The molecule has 0 spiro atoms. The van der Waals surface area contributed by atoms with Gasteiger partial charge in [-0.25, -0.2) is 0 Å². The van der Waals surface area contributed by atoms with Crippen molar-refractivity contribution in [2.75, 3.05) is 13.7 Å². The number of alkyl halides is 3. The van der Waals surface area contributed by atoms with Gasteiger partial charge < -0.3 is 9.47 Å². The van der Waals surface area contributed by atoms with Gasteiger partial charge >= 0.3 is 6.18 Å². The Kier molecular flexibility index (Phi) is 4.98. The number of methoxy groups -OCH3 is 1. The maximum atomic E-state index is 12.2. The van der Waals surface area contributed by atoms with Gasteiger partial charge in [0.25, 0.3) is 0 Å². The quantitative estimate of drug-likeness (QED) is 0.771. The van der Waals surface area contributed by atoms with Gasteiger partial charge in [-0.2, -0.15) is 13.2 Å². The van der Waals surface area contributed by atoms with E-state index in [1.165, 1.54) is 6.07 Å². The van der Waals surface area contributed by atoms with Crippen LogP contribution in [0.15, 0.2) is 49.0 Å². The van der Waals surface area contributed by atoms with Crippen molar-refractivity contribution in [2.45, 2.75) is 13.1 Å². The van der Waals surface area contributed by atoms with Crippen molar-refractivity contribution in [3.05, 3.63) is 65.7 Å². The first-order valence-electron chi connectivity index (χ1n) is 6.94. The summed E-state index contributed by atoms with van der Waals surface area (Å²) in [4.78, 5) is 0. The van der Waals surface area contributed by atoms with Crippen LogP contribution >= 0.6 is 0 Å². The zero-order valence-corrected chi connectivity index (χ0v) is 12.9. The van der Waals surface area contributed by atoms with Crippen LogP contribution in [-0.2, 0) is 0 Å².